The molecule has 9 heteroatoms. The lowest BCUT2D eigenvalue weighted by atomic mass is 9.92. The molecular weight excluding hydrogens is 350 g/mol. The summed E-state index contributed by atoms with van der Waals surface area (Å²) in [7, 11) is 1.69. The van der Waals surface area contributed by atoms with Crippen LogP contribution in [0.4, 0.5) is 4.79 Å². The van der Waals surface area contributed by atoms with E-state index in [0.29, 0.717) is 22.0 Å². The lowest BCUT2D eigenvalue weighted by Gasteiger charge is -2.22. The molecule has 9 nitrogen and oxygen atoms in total. The van der Waals surface area contributed by atoms with Crippen LogP contribution in [-0.4, -0.2) is 55.4 Å². The molecule has 5 amide bonds. The van der Waals surface area contributed by atoms with Crippen molar-refractivity contribution in [3.05, 3.63) is 35.9 Å². The predicted molar refractivity (Wildman–Crippen MR) is 97.2 cm³/mol. The van der Waals surface area contributed by atoms with Gasteiger partial charge in [-0.3, -0.25) is 19.8 Å². The third-order valence-corrected chi connectivity index (χ3v) is 4.28. The number of quaternary nitrogens is 1. The Bertz CT molecular complexity index is 724. The van der Waals surface area contributed by atoms with Gasteiger partial charge in [0, 0.05) is 6.54 Å². The lowest BCUT2D eigenvalue weighted by Crippen LogP contribution is -3.11. The first kappa shape index (κ1) is 20.4. The Morgan fingerprint density at radius 1 is 1.15 bits per heavy atom. The number of nitrogens with zero attached hydrogens (tertiary/aromatic N) is 1. The molecule has 1 aliphatic rings. The van der Waals surface area contributed by atoms with Crippen LogP contribution in [0.2, 0.25) is 0 Å². The van der Waals surface area contributed by atoms with Crippen molar-refractivity contribution in [3.63, 3.8) is 0 Å². The molecule has 0 radical (unpaired) electrons. The summed E-state index contributed by atoms with van der Waals surface area (Å²) < 4.78 is 0. The molecule has 0 aromatic heterocycles. The van der Waals surface area contributed by atoms with E-state index in [2.05, 4.69) is 16.1 Å². The summed E-state index contributed by atoms with van der Waals surface area (Å²) in [5.74, 6) is -1.25. The summed E-state index contributed by atoms with van der Waals surface area (Å²) in [6, 6.07) is 8.11. The Morgan fingerprint density at radius 2 is 1.78 bits per heavy atom. The topological polar surface area (TPSA) is 112 Å². The van der Waals surface area contributed by atoms with Crippen molar-refractivity contribution >= 4 is 23.8 Å². The number of carbonyl (C=O) groups excluding carboxylic acids is 4. The standard InChI is InChI=1S/C18H25N5O4/c1-4-10-19-14(24)11-22(3)12-15(25)21-23-16(26)18(2,20-17(23)27)13-8-6-5-7-9-13/h5-9H,4,10-12H2,1-3H3,(H,19,24)(H,20,27)(H,21,25)/p+1/t18-/m0/s1. The van der Waals surface area contributed by atoms with E-state index in [4.69, 9.17) is 0 Å². The highest BCUT2D eigenvalue weighted by Gasteiger charge is 2.50. The summed E-state index contributed by atoms with van der Waals surface area (Å²) in [4.78, 5) is 49.4. The zero-order valence-corrected chi connectivity index (χ0v) is 15.8. The molecule has 1 aromatic rings. The van der Waals surface area contributed by atoms with Gasteiger partial charge in [-0.15, -0.1) is 0 Å². The van der Waals surface area contributed by atoms with Crippen LogP contribution in [0.15, 0.2) is 30.3 Å². The average molecular weight is 376 g/mol. The minimum absolute atomic E-state index is 0.0569. The maximum atomic E-state index is 12.7. The summed E-state index contributed by atoms with van der Waals surface area (Å²) in [6.45, 7) is 4.18. The number of likely N-dealkylation sites (N-methyl/N-ethyl adjacent to an activating group) is 1. The number of amides is 5. The first-order chi connectivity index (χ1) is 12.8. The highest BCUT2D eigenvalue weighted by molar-refractivity contribution is 6.08. The molecule has 1 saturated heterocycles. The van der Waals surface area contributed by atoms with Crippen LogP contribution in [0.1, 0.15) is 25.8 Å². The van der Waals surface area contributed by atoms with E-state index in [1.54, 1.807) is 38.2 Å². The number of benzene rings is 1. The van der Waals surface area contributed by atoms with E-state index < -0.39 is 23.4 Å². The molecule has 1 heterocycles. The first-order valence-electron chi connectivity index (χ1n) is 8.87. The quantitative estimate of drug-likeness (QED) is 0.415. The minimum Gasteiger partial charge on any atom is -0.351 e. The van der Waals surface area contributed by atoms with Crippen molar-refractivity contribution in [1.82, 2.24) is 21.1 Å². The van der Waals surface area contributed by atoms with Crippen LogP contribution in [-0.2, 0) is 19.9 Å². The van der Waals surface area contributed by atoms with E-state index in [1.807, 2.05) is 13.0 Å². The van der Waals surface area contributed by atoms with E-state index in [-0.39, 0.29) is 19.0 Å². The molecule has 0 bridgehead atoms. The Morgan fingerprint density at radius 3 is 2.41 bits per heavy atom. The fourth-order valence-corrected chi connectivity index (χ4v) is 2.81. The predicted octanol–water partition coefficient (Wildman–Crippen LogP) is -1.47. The van der Waals surface area contributed by atoms with Gasteiger partial charge >= 0.3 is 6.03 Å². The summed E-state index contributed by atoms with van der Waals surface area (Å²) in [5.41, 5.74) is 1.71. The van der Waals surface area contributed by atoms with E-state index >= 15 is 0 Å². The fraction of sp³-hybridized carbons (Fsp3) is 0.444. The number of rotatable bonds is 8. The highest BCUT2D eigenvalue weighted by Crippen LogP contribution is 2.27. The number of hydrazine groups is 1. The van der Waals surface area contributed by atoms with Gasteiger partial charge in [-0.05, 0) is 18.9 Å². The van der Waals surface area contributed by atoms with Crippen LogP contribution in [0.3, 0.4) is 0 Å². The lowest BCUT2D eigenvalue weighted by molar-refractivity contribution is -0.862. The van der Waals surface area contributed by atoms with Crippen LogP contribution in [0.25, 0.3) is 0 Å². The smallest absolute Gasteiger partial charge is 0.344 e. The molecule has 27 heavy (non-hydrogen) atoms. The molecule has 0 spiro atoms. The second-order valence-corrected chi connectivity index (χ2v) is 6.76. The van der Waals surface area contributed by atoms with Crippen LogP contribution < -0.4 is 21.0 Å². The average Bonchev–Trinajstić information content (AvgIpc) is 2.84. The second-order valence-electron chi connectivity index (χ2n) is 6.76. The molecule has 2 rings (SSSR count). The highest BCUT2D eigenvalue weighted by atomic mass is 16.2. The minimum atomic E-state index is -1.25. The molecule has 2 atom stereocenters. The normalized spacial score (nSPS) is 20.2. The zero-order valence-electron chi connectivity index (χ0n) is 15.8. The molecular formula is C18H26N5O4+. The van der Waals surface area contributed by atoms with Crippen LogP contribution in [0.5, 0.6) is 0 Å². The molecule has 0 saturated carbocycles. The first-order valence-corrected chi connectivity index (χ1v) is 8.87. The van der Waals surface area contributed by atoms with Crippen molar-refractivity contribution in [3.8, 4) is 0 Å². The van der Waals surface area contributed by atoms with Gasteiger partial charge in [-0.1, -0.05) is 37.3 Å². The Labute approximate surface area is 158 Å². The summed E-state index contributed by atoms with van der Waals surface area (Å²) in [6.07, 6.45) is 0.831. The van der Waals surface area contributed by atoms with Gasteiger partial charge in [0.1, 0.15) is 5.54 Å². The number of urea groups is 1. The SMILES string of the molecule is CCCNC(=O)C[NH+](C)CC(=O)NN1C(=O)N[C@@](C)(c2ccccc2)C1=O. The number of imide groups is 1. The molecule has 1 unspecified atom stereocenters. The molecule has 1 fully saturated rings. The fourth-order valence-electron chi connectivity index (χ4n) is 2.81. The van der Waals surface area contributed by atoms with Gasteiger partial charge in [0.15, 0.2) is 13.1 Å². The Kier molecular flexibility index (Phi) is 6.51. The van der Waals surface area contributed by atoms with Gasteiger partial charge in [-0.25, -0.2) is 4.79 Å². The summed E-state index contributed by atoms with van der Waals surface area (Å²) in [5, 5.41) is 6.04. The number of hydrogen-bond acceptors (Lipinski definition) is 4. The van der Waals surface area contributed by atoms with Crippen molar-refractivity contribution in [2.45, 2.75) is 25.8 Å². The molecule has 0 aliphatic carbocycles. The van der Waals surface area contributed by atoms with Crippen molar-refractivity contribution < 1.29 is 24.1 Å². The molecule has 146 valence electrons. The van der Waals surface area contributed by atoms with Crippen molar-refractivity contribution in [2.24, 2.45) is 0 Å². The molecule has 1 aromatic carbocycles. The largest absolute Gasteiger partial charge is 0.351 e. The number of nitrogens with one attached hydrogen (secondary N) is 4. The second kappa shape index (κ2) is 8.63. The van der Waals surface area contributed by atoms with Gasteiger partial charge in [0.25, 0.3) is 17.7 Å². The Balaban J connectivity index is 1.95. The van der Waals surface area contributed by atoms with Gasteiger partial charge in [0.2, 0.25) is 0 Å². The molecule has 4 N–H and O–H groups in total. The number of carbonyl (C=O) groups is 4. The Hall–Kier alpha value is -2.94. The van der Waals surface area contributed by atoms with Crippen LogP contribution >= 0.6 is 0 Å². The van der Waals surface area contributed by atoms with Gasteiger partial charge in [-0.2, -0.15) is 5.01 Å². The van der Waals surface area contributed by atoms with Gasteiger partial charge < -0.3 is 15.5 Å². The number of hydrogen-bond donors (Lipinski definition) is 4. The third-order valence-electron chi connectivity index (χ3n) is 4.28. The third kappa shape index (κ3) is 4.82. The summed E-state index contributed by atoms with van der Waals surface area (Å²) >= 11 is 0. The van der Waals surface area contributed by atoms with Crippen molar-refractivity contribution in [2.75, 3.05) is 26.7 Å². The van der Waals surface area contributed by atoms with Crippen LogP contribution in [0, 0.1) is 0 Å². The van der Waals surface area contributed by atoms with E-state index in [9.17, 15) is 19.2 Å². The van der Waals surface area contributed by atoms with Crippen molar-refractivity contribution in [1.29, 1.82) is 0 Å². The zero-order chi connectivity index (χ0) is 20.0. The maximum absolute atomic E-state index is 12.7. The van der Waals surface area contributed by atoms with Gasteiger partial charge in [0.05, 0.1) is 7.05 Å². The maximum Gasteiger partial charge on any atom is 0.344 e. The van der Waals surface area contributed by atoms with E-state index in [1.165, 1.54) is 0 Å². The monoisotopic (exact) mass is 376 g/mol. The van der Waals surface area contributed by atoms with E-state index in [0.717, 1.165) is 6.42 Å². The molecule has 1 aliphatic heterocycles.